The van der Waals surface area contributed by atoms with Crippen molar-refractivity contribution in [2.24, 2.45) is 11.7 Å². The topological polar surface area (TPSA) is 96.7 Å². The summed E-state index contributed by atoms with van der Waals surface area (Å²) in [5, 5.41) is 5.90. The van der Waals surface area contributed by atoms with E-state index in [0.29, 0.717) is 31.9 Å². The molecule has 0 aliphatic carbocycles. The van der Waals surface area contributed by atoms with Gasteiger partial charge in [0.25, 0.3) is 5.91 Å². The molecule has 0 bridgehead atoms. The Bertz CT molecular complexity index is 840. The number of anilines is 1. The summed E-state index contributed by atoms with van der Waals surface area (Å²) in [6.45, 7) is 2.27. The van der Waals surface area contributed by atoms with Gasteiger partial charge in [-0.3, -0.25) is 9.69 Å². The summed E-state index contributed by atoms with van der Waals surface area (Å²) in [5.41, 5.74) is 8.54. The first kappa shape index (κ1) is 18.5. The van der Waals surface area contributed by atoms with Crippen LogP contribution in [-0.2, 0) is 4.74 Å². The molecule has 0 spiro atoms. The van der Waals surface area contributed by atoms with Crippen LogP contribution in [0, 0.1) is 5.92 Å². The average molecular weight is 380 g/mol. The smallest absolute Gasteiger partial charge is 0.321 e. The van der Waals surface area contributed by atoms with Crippen molar-refractivity contribution < 1.29 is 14.3 Å². The first-order valence-electron chi connectivity index (χ1n) is 9.48. The Morgan fingerprint density at radius 3 is 2.50 bits per heavy atom. The van der Waals surface area contributed by atoms with Crippen molar-refractivity contribution in [2.45, 2.75) is 12.1 Å². The molecule has 2 aliphatic rings. The van der Waals surface area contributed by atoms with Gasteiger partial charge in [-0.1, -0.05) is 30.3 Å². The lowest BCUT2D eigenvalue weighted by Crippen LogP contribution is -2.41. The summed E-state index contributed by atoms with van der Waals surface area (Å²) in [5.74, 6) is -0.163. The molecular weight excluding hydrogens is 356 g/mol. The maximum absolute atomic E-state index is 12.9. The van der Waals surface area contributed by atoms with E-state index in [1.54, 1.807) is 29.2 Å². The van der Waals surface area contributed by atoms with Crippen molar-refractivity contribution in [1.29, 1.82) is 0 Å². The minimum absolute atomic E-state index is 0.0129. The van der Waals surface area contributed by atoms with Gasteiger partial charge in [0.05, 0.1) is 19.3 Å². The first-order valence-corrected chi connectivity index (χ1v) is 9.48. The highest BCUT2D eigenvalue weighted by atomic mass is 16.5. The number of ether oxygens (including phenoxy) is 1. The Hall–Kier alpha value is -2.90. The second kappa shape index (κ2) is 8.00. The second-order valence-corrected chi connectivity index (χ2v) is 7.16. The maximum atomic E-state index is 12.9. The van der Waals surface area contributed by atoms with E-state index in [2.05, 4.69) is 10.6 Å². The third kappa shape index (κ3) is 3.72. The quantitative estimate of drug-likeness (QED) is 0.735. The minimum atomic E-state index is -0.227. The molecule has 0 aromatic heterocycles. The maximum Gasteiger partial charge on any atom is 0.321 e. The molecule has 146 valence electrons. The van der Waals surface area contributed by atoms with Crippen LogP contribution in [0.2, 0.25) is 0 Å². The molecule has 0 saturated carbocycles. The van der Waals surface area contributed by atoms with Crippen LogP contribution in [0.3, 0.4) is 0 Å². The molecule has 7 nitrogen and oxygen atoms in total. The number of nitrogens with zero attached hydrogens (tertiary/aromatic N) is 1. The number of nitrogens with two attached hydrogens (primary N) is 1. The van der Waals surface area contributed by atoms with Gasteiger partial charge in [0.1, 0.15) is 0 Å². The summed E-state index contributed by atoms with van der Waals surface area (Å²) in [6, 6.07) is 16.4. The third-order valence-corrected chi connectivity index (χ3v) is 5.34. The van der Waals surface area contributed by atoms with Gasteiger partial charge in [0, 0.05) is 36.3 Å². The fourth-order valence-corrected chi connectivity index (χ4v) is 3.76. The van der Waals surface area contributed by atoms with E-state index in [1.807, 2.05) is 30.3 Å². The molecule has 7 heteroatoms. The highest BCUT2D eigenvalue weighted by molar-refractivity contribution is 5.97. The number of nitrogens with one attached hydrogen (secondary N) is 2. The Balaban J connectivity index is 1.52. The van der Waals surface area contributed by atoms with Crippen molar-refractivity contribution in [1.82, 2.24) is 10.6 Å². The fourth-order valence-electron chi connectivity index (χ4n) is 3.76. The minimum Gasteiger partial charge on any atom is -0.379 e. The SMILES string of the molecule is N[C@@H]1COC[C@H]1C(NC(=O)c1ccc(N2CCNC2=O)cc1)c1ccccc1. The summed E-state index contributed by atoms with van der Waals surface area (Å²) in [7, 11) is 0. The Morgan fingerprint density at radius 1 is 1.14 bits per heavy atom. The molecule has 2 saturated heterocycles. The lowest BCUT2D eigenvalue weighted by atomic mass is 9.89. The molecule has 4 N–H and O–H groups in total. The van der Waals surface area contributed by atoms with Crippen LogP contribution < -0.4 is 21.3 Å². The van der Waals surface area contributed by atoms with Gasteiger partial charge in [-0.05, 0) is 29.8 Å². The van der Waals surface area contributed by atoms with Crippen molar-refractivity contribution >= 4 is 17.6 Å². The summed E-state index contributed by atoms with van der Waals surface area (Å²) >= 11 is 0. The van der Waals surface area contributed by atoms with Crippen LogP contribution in [0.25, 0.3) is 0 Å². The molecule has 2 aromatic rings. The molecule has 4 rings (SSSR count). The van der Waals surface area contributed by atoms with Crippen LogP contribution in [0.15, 0.2) is 54.6 Å². The number of benzene rings is 2. The zero-order valence-corrected chi connectivity index (χ0v) is 15.5. The highest BCUT2D eigenvalue weighted by Crippen LogP contribution is 2.29. The fraction of sp³-hybridized carbons (Fsp3) is 0.333. The third-order valence-electron chi connectivity index (χ3n) is 5.34. The number of carbonyl (C=O) groups excluding carboxylic acids is 2. The Kier molecular flexibility index (Phi) is 5.27. The average Bonchev–Trinajstić information content (AvgIpc) is 3.35. The van der Waals surface area contributed by atoms with Crippen LogP contribution >= 0.6 is 0 Å². The summed E-state index contributed by atoms with van der Waals surface area (Å²) < 4.78 is 5.52. The predicted octanol–water partition coefficient (Wildman–Crippen LogP) is 1.66. The first-order chi connectivity index (χ1) is 13.6. The zero-order chi connectivity index (χ0) is 19.5. The van der Waals surface area contributed by atoms with Gasteiger partial charge < -0.3 is 21.1 Å². The van der Waals surface area contributed by atoms with Crippen molar-refractivity contribution in [3.05, 3.63) is 65.7 Å². The van der Waals surface area contributed by atoms with Crippen molar-refractivity contribution in [3.63, 3.8) is 0 Å². The standard InChI is InChI=1S/C21H24N4O3/c22-18-13-28-12-17(18)19(14-4-2-1-3-5-14)24-20(26)15-6-8-16(9-7-15)25-11-10-23-21(25)27/h1-9,17-19H,10-13,22H2,(H,23,27)(H,24,26)/t17-,18-,19?/m1/s1. The molecule has 0 radical (unpaired) electrons. The lowest BCUT2D eigenvalue weighted by molar-refractivity contribution is 0.0914. The number of rotatable bonds is 5. The van der Waals surface area contributed by atoms with Gasteiger partial charge in [-0.15, -0.1) is 0 Å². The normalized spacial score (nSPS) is 22.8. The lowest BCUT2D eigenvalue weighted by Gasteiger charge is -2.27. The van der Waals surface area contributed by atoms with E-state index in [-0.39, 0.29) is 29.9 Å². The van der Waals surface area contributed by atoms with Crippen LogP contribution in [0.5, 0.6) is 0 Å². The van der Waals surface area contributed by atoms with Gasteiger partial charge in [0.2, 0.25) is 0 Å². The molecule has 2 aliphatic heterocycles. The van der Waals surface area contributed by atoms with E-state index >= 15 is 0 Å². The molecule has 2 fully saturated rings. The van der Waals surface area contributed by atoms with E-state index in [4.69, 9.17) is 10.5 Å². The van der Waals surface area contributed by atoms with Crippen molar-refractivity contribution in [2.75, 3.05) is 31.2 Å². The molecule has 1 unspecified atom stereocenters. The van der Waals surface area contributed by atoms with E-state index in [9.17, 15) is 9.59 Å². The predicted molar refractivity (Wildman–Crippen MR) is 106 cm³/mol. The van der Waals surface area contributed by atoms with E-state index in [1.165, 1.54) is 0 Å². The second-order valence-electron chi connectivity index (χ2n) is 7.16. The molecule has 28 heavy (non-hydrogen) atoms. The largest absolute Gasteiger partial charge is 0.379 e. The molecule has 2 heterocycles. The number of hydrogen-bond acceptors (Lipinski definition) is 4. The van der Waals surface area contributed by atoms with E-state index < -0.39 is 0 Å². The zero-order valence-electron chi connectivity index (χ0n) is 15.5. The number of hydrogen-bond donors (Lipinski definition) is 3. The van der Waals surface area contributed by atoms with E-state index in [0.717, 1.165) is 11.3 Å². The van der Waals surface area contributed by atoms with Gasteiger partial charge in [-0.25, -0.2) is 4.79 Å². The van der Waals surface area contributed by atoms with Crippen LogP contribution in [0.1, 0.15) is 22.0 Å². The highest BCUT2D eigenvalue weighted by Gasteiger charge is 2.34. The Labute approximate surface area is 163 Å². The molecule has 3 atom stereocenters. The van der Waals surface area contributed by atoms with Crippen molar-refractivity contribution in [3.8, 4) is 0 Å². The number of amides is 3. The Morgan fingerprint density at radius 2 is 1.89 bits per heavy atom. The number of carbonyl (C=O) groups is 2. The number of urea groups is 1. The van der Waals surface area contributed by atoms with Gasteiger partial charge >= 0.3 is 6.03 Å². The van der Waals surface area contributed by atoms with Gasteiger partial charge in [0.15, 0.2) is 0 Å². The molecule has 2 aromatic carbocycles. The molecule has 3 amide bonds. The van der Waals surface area contributed by atoms with Gasteiger partial charge in [-0.2, -0.15) is 0 Å². The van der Waals surface area contributed by atoms with Crippen LogP contribution in [-0.4, -0.2) is 44.3 Å². The summed E-state index contributed by atoms with van der Waals surface area (Å²) in [4.78, 5) is 26.3. The monoisotopic (exact) mass is 380 g/mol. The molecular formula is C21H24N4O3. The van der Waals surface area contributed by atoms with Crippen LogP contribution in [0.4, 0.5) is 10.5 Å². The summed E-state index contributed by atoms with van der Waals surface area (Å²) in [6.07, 6.45) is 0.